The van der Waals surface area contributed by atoms with Crippen LogP contribution in [0, 0.1) is 0 Å². The molecule has 0 radical (unpaired) electrons. The third kappa shape index (κ3) is 6.52. The first-order valence-electron chi connectivity index (χ1n) is 12.3. The second-order valence-electron chi connectivity index (χ2n) is 8.82. The third-order valence-electron chi connectivity index (χ3n) is 6.25. The minimum absolute atomic E-state index is 0.00633. The Hall–Kier alpha value is -3.64. The van der Waals surface area contributed by atoms with Gasteiger partial charge in [-0.25, -0.2) is 4.98 Å². The molecule has 0 aliphatic rings. The lowest BCUT2D eigenvalue weighted by Crippen LogP contribution is -2.30. The number of imidazole rings is 1. The molecule has 0 atom stereocenters. The Morgan fingerprint density at radius 1 is 0.917 bits per heavy atom. The molecule has 0 spiro atoms. The number of nitrogens with zero attached hydrogens (tertiary/aromatic N) is 3. The first-order chi connectivity index (χ1) is 17.5. The van der Waals surface area contributed by atoms with Gasteiger partial charge in [0.1, 0.15) is 12.4 Å². The van der Waals surface area contributed by atoms with E-state index >= 15 is 0 Å². The van der Waals surface area contributed by atoms with Gasteiger partial charge in [0.2, 0.25) is 11.8 Å². The van der Waals surface area contributed by atoms with Gasteiger partial charge in [0.05, 0.1) is 17.5 Å². The number of fused-ring (bicyclic) bond motifs is 1. The van der Waals surface area contributed by atoms with Crippen molar-refractivity contribution in [2.75, 3.05) is 18.5 Å². The number of anilines is 1. The highest BCUT2D eigenvalue weighted by atomic mass is 35.5. The summed E-state index contributed by atoms with van der Waals surface area (Å²) in [7, 11) is 1.80. The average molecular weight is 503 g/mol. The number of carbonyl (C=O) groups is 2. The molecule has 1 aromatic heterocycles. The highest BCUT2D eigenvalue weighted by Gasteiger charge is 2.17. The monoisotopic (exact) mass is 502 g/mol. The number of benzene rings is 3. The van der Waals surface area contributed by atoms with Gasteiger partial charge < -0.3 is 14.8 Å². The molecule has 0 saturated heterocycles. The average Bonchev–Trinajstić information content (AvgIpc) is 3.24. The number of hydrogen-bond donors (Lipinski definition) is 1. The maximum absolute atomic E-state index is 13.1. The molecule has 0 bridgehead atoms. The van der Waals surface area contributed by atoms with Crippen molar-refractivity contribution in [2.45, 2.75) is 38.6 Å². The molecule has 0 aliphatic heterocycles. The zero-order valence-corrected chi connectivity index (χ0v) is 21.2. The number of amides is 2. The number of para-hydroxylation sites is 3. The zero-order chi connectivity index (χ0) is 25.3. The lowest BCUT2D eigenvalue weighted by Gasteiger charge is -2.18. The van der Waals surface area contributed by atoms with E-state index in [2.05, 4.69) is 5.32 Å². The van der Waals surface area contributed by atoms with Crippen molar-refractivity contribution in [1.82, 2.24) is 14.9 Å². The van der Waals surface area contributed by atoms with Crippen molar-refractivity contribution < 1.29 is 9.59 Å². The summed E-state index contributed by atoms with van der Waals surface area (Å²) in [5.74, 6) is 0.895. The maximum Gasteiger partial charge on any atom is 0.246 e. The Bertz CT molecular complexity index is 1320. The van der Waals surface area contributed by atoms with E-state index in [-0.39, 0.29) is 24.8 Å². The standard InChI is InChI=1S/C29H31ClN4O2/c1-33(23-13-4-2-5-14-23)29(36)21-34-26-17-10-9-16-25(26)32-27(34)18-6-3-11-19-31-28(35)20-22-12-7-8-15-24(22)30/h2,4-5,7-10,12-17H,3,6,11,18-21H2,1H3,(H,31,35). The summed E-state index contributed by atoms with van der Waals surface area (Å²) >= 11 is 6.14. The van der Waals surface area contributed by atoms with Gasteiger partial charge in [-0.1, -0.05) is 66.6 Å². The van der Waals surface area contributed by atoms with Crippen molar-refractivity contribution >= 4 is 40.1 Å². The maximum atomic E-state index is 13.1. The van der Waals surface area contributed by atoms with Gasteiger partial charge in [0.25, 0.3) is 0 Å². The third-order valence-corrected chi connectivity index (χ3v) is 6.62. The first kappa shape index (κ1) is 25.5. The van der Waals surface area contributed by atoms with E-state index in [1.165, 1.54) is 0 Å². The van der Waals surface area contributed by atoms with Crippen molar-refractivity contribution in [2.24, 2.45) is 0 Å². The quantitative estimate of drug-likeness (QED) is 0.278. The Labute approximate surface area is 216 Å². The van der Waals surface area contributed by atoms with E-state index in [9.17, 15) is 9.59 Å². The molecular formula is C29H31ClN4O2. The molecule has 0 aliphatic carbocycles. The molecule has 1 heterocycles. The smallest absolute Gasteiger partial charge is 0.246 e. The van der Waals surface area contributed by atoms with E-state index in [1.54, 1.807) is 18.0 Å². The summed E-state index contributed by atoms with van der Waals surface area (Å²) in [5.41, 5.74) is 3.57. The molecule has 0 unspecified atom stereocenters. The number of carbonyl (C=O) groups excluding carboxylic acids is 2. The Kier molecular flexibility index (Phi) is 8.74. The molecule has 4 rings (SSSR count). The van der Waals surface area contributed by atoms with E-state index in [0.717, 1.165) is 53.8 Å². The molecule has 0 fully saturated rings. The van der Waals surface area contributed by atoms with Gasteiger partial charge in [-0.2, -0.15) is 0 Å². The van der Waals surface area contributed by atoms with Crippen LogP contribution in [0.5, 0.6) is 0 Å². The van der Waals surface area contributed by atoms with Crippen molar-refractivity contribution in [3.8, 4) is 0 Å². The van der Waals surface area contributed by atoms with Crippen LogP contribution < -0.4 is 10.2 Å². The summed E-state index contributed by atoms with van der Waals surface area (Å²) in [6, 6.07) is 25.0. The highest BCUT2D eigenvalue weighted by Crippen LogP contribution is 2.20. The van der Waals surface area contributed by atoms with Crippen molar-refractivity contribution in [3.63, 3.8) is 0 Å². The second-order valence-corrected chi connectivity index (χ2v) is 9.23. The molecule has 186 valence electrons. The molecule has 7 heteroatoms. The number of unbranched alkanes of at least 4 members (excludes halogenated alkanes) is 2. The summed E-state index contributed by atoms with van der Waals surface area (Å²) < 4.78 is 2.03. The minimum Gasteiger partial charge on any atom is -0.356 e. The van der Waals surface area contributed by atoms with Crippen LogP contribution >= 0.6 is 11.6 Å². The molecule has 0 saturated carbocycles. The topological polar surface area (TPSA) is 67.2 Å². The largest absolute Gasteiger partial charge is 0.356 e. The summed E-state index contributed by atoms with van der Waals surface area (Å²) in [6.07, 6.45) is 3.81. The zero-order valence-electron chi connectivity index (χ0n) is 20.5. The lowest BCUT2D eigenvalue weighted by molar-refractivity contribution is -0.120. The summed E-state index contributed by atoms with van der Waals surface area (Å²) in [5, 5.41) is 3.59. The van der Waals surface area contributed by atoms with Gasteiger partial charge in [-0.15, -0.1) is 0 Å². The number of nitrogens with one attached hydrogen (secondary N) is 1. The Morgan fingerprint density at radius 2 is 1.64 bits per heavy atom. The number of likely N-dealkylation sites (N-methyl/N-ethyl adjacent to an activating group) is 1. The van der Waals surface area contributed by atoms with E-state index in [0.29, 0.717) is 11.6 Å². The lowest BCUT2D eigenvalue weighted by atomic mass is 10.1. The molecule has 6 nitrogen and oxygen atoms in total. The fourth-order valence-electron chi connectivity index (χ4n) is 4.22. The van der Waals surface area contributed by atoms with Crippen LogP contribution in [0.3, 0.4) is 0 Å². The molecular weight excluding hydrogens is 472 g/mol. The summed E-state index contributed by atoms with van der Waals surface area (Å²) in [4.78, 5) is 31.8. The minimum atomic E-state index is -0.0223. The molecule has 36 heavy (non-hydrogen) atoms. The SMILES string of the molecule is CN(C(=O)Cn1c(CCCCCNC(=O)Cc2ccccc2Cl)nc2ccccc21)c1ccccc1. The van der Waals surface area contributed by atoms with Gasteiger partial charge in [-0.3, -0.25) is 9.59 Å². The van der Waals surface area contributed by atoms with Crippen LogP contribution in [-0.4, -0.2) is 35.0 Å². The van der Waals surface area contributed by atoms with Crippen LogP contribution in [0.25, 0.3) is 11.0 Å². The van der Waals surface area contributed by atoms with E-state index < -0.39 is 0 Å². The molecule has 1 N–H and O–H groups in total. The fraction of sp³-hybridized carbons (Fsp3) is 0.276. The summed E-state index contributed by atoms with van der Waals surface area (Å²) in [6.45, 7) is 0.861. The van der Waals surface area contributed by atoms with Crippen LogP contribution in [-0.2, 0) is 29.0 Å². The van der Waals surface area contributed by atoms with Crippen LogP contribution in [0.1, 0.15) is 30.7 Å². The number of rotatable bonds is 11. The van der Waals surface area contributed by atoms with Gasteiger partial charge >= 0.3 is 0 Å². The molecule has 3 aromatic carbocycles. The van der Waals surface area contributed by atoms with Crippen LogP contribution in [0.2, 0.25) is 5.02 Å². The number of halogens is 1. The van der Waals surface area contributed by atoms with Crippen LogP contribution in [0.15, 0.2) is 78.9 Å². The number of aryl methyl sites for hydroxylation is 1. The van der Waals surface area contributed by atoms with Crippen LogP contribution in [0.4, 0.5) is 5.69 Å². The predicted octanol–water partition coefficient (Wildman–Crippen LogP) is 5.42. The Morgan fingerprint density at radius 3 is 2.44 bits per heavy atom. The predicted molar refractivity (Wildman–Crippen MR) is 145 cm³/mol. The molecule has 4 aromatic rings. The Balaban J connectivity index is 1.29. The van der Waals surface area contributed by atoms with E-state index in [1.807, 2.05) is 77.4 Å². The van der Waals surface area contributed by atoms with Gasteiger partial charge in [-0.05, 0) is 48.7 Å². The fourth-order valence-corrected chi connectivity index (χ4v) is 4.42. The van der Waals surface area contributed by atoms with Crippen molar-refractivity contribution in [1.29, 1.82) is 0 Å². The van der Waals surface area contributed by atoms with Gasteiger partial charge in [0.15, 0.2) is 0 Å². The van der Waals surface area contributed by atoms with Crippen molar-refractivity contribution in [3.05, 3.63) is 95.3 Å². The number of aromatic nitrogens is 2. The number of hydrogen-bond acceptors (Lipinski definition) is 3. The second kappa shape index (κ2) is 12.4. The highest BCUT2D eigenvalue weighted by molar-refractivity contribution is 6.31. The van der Waals surface area contributed by atoms with E-state index in [4.69, 9.17) is 16.6 Å². The first-order valence-corrected chi connectivity index (χ1v) is 12.7. The van der Waals surface area contributed by atoms with Gasteiger partial charge in [0, 0.05) is 30.7 Å². The molecule has 2 amide bonds. The normalized spacial score (nSPS) is 10.9.